The minimum absolute atomic E-state index is 0.270. The van der Waals surface area contributed by atoms with E-state index in [1.807, 2.05) is 35.2 Å². The summed E-state index contributed by atoms with van der Waals surface area (Å²) in [6.07, 6.45) is 4.41. The van der Waals surface area contributed by atoms with Crippen molar-refractivity contribution in [2.45, 2.75) is 25.6 Å². The number of hydrogen-bond donors (Lipinski definition) is 2. The highest BCUT2D eigenvalue weighted by Crippen LogP contribution is 2.39. The van der Waals surface area contributed by atoms with Crippen LogP contribution in [0.5, 0.6) is 0 Å². The Morgan fingerprint density at radius 1 is 1.41 bits per heavy atom. The summed E-state index contributed by atoms with van der Waals surface area (Å²) in [6.45, 7) is 4.60. The zero-order chi connectivity index (χ0) is 19.5. The zero-order valence-corrected chi connectivity index (χ0v) is 16.0. The molecule has 0 spiro atoms. The highest BCUT2D eigenvalue weighted by molar-refractivity contribution is 7.13. The predicted octanol–water partition coefficient (Wildman–Crippen LogP) is 0.997. The molecule has 0 aliphatic carbocycles. The minimum Gasteiger partial charge on any atom is -0.477 e. The van der Waals surface area contributed by atoms with Crippen molar-refractivity contribution in [2.24, 2.45) is 0 Å². The van der Waals surface area contributed by atoms with E-state index in [9.17, 15) is 19.8 Å². The second-order valence-corrected chi connectivity index (χ2v) is 8.21. The molecule has 142 valence electrons. The van der Waals surface area contributed by atoms with Gasteiger partial charge >= 0.3 is 5.97 Å². The number of β-amino-alcohol motifs (C(OH)–C–C–N with tert-alkyl or cyclic N) is 1. The van der Waals surface area contributed by atoms with Gasteiger partial charge in [0, 0.05) is 43.5 Å². The van der Waals surface area contributed by atoms with Crippen LogP contribution in [0.2, 0.25) is 0 Å². The number of hydrogen-bond acceptors (Lipinski definition) is 8. The molecule has 8 nitrogen and oxygen atoms in total. The Balaban J connectivity index is 1.82. The molecule has 3 aliphatic rings. The Labute approximate surface area is 160 Å². The molecule has 0 amide bonds. The molecule has 4 heterocycles. The number of fused-ring (bicyclic) bond motifs is 1. The van der Waals surface area contributed by atoms with Gasteiger partial charge in [-0.1, -0.05) is 0 Å². The fourth-order valence-corrected chi connectivity index (χ4v) is 4.48. The monoisotopic (exact) mass is 388 g/mol. The van der Waals surface area contributed by atoms with Crippen LogP contribution in [-0.4, -0.2) is 68.7 Å². The maximum absolute atomic E-state index is 12.9. The highest BCUT2D eigenvalue weighted by Gasteiger charge is 2.46. The van der Waals surface area contributed by atoms with Crippen LogP contribution in [0.1, 0.15) is 13.8 Å². The highest BCUT2D eigenvalue weighted by atomic mass is 32.1. The number of carbonyl (C=O) groups is 2. The fourth-order valence-electron chi connectivity index (χ4n) is 3.84. The lowest BCUT2D eigenvalue weighted by molar-refractivity contribution is -0.134. The standard InChI is InChI=1S/C18H20N4O4S/c1-10-6-12(21-8-18(2,26)9-21)20(3)15-13(10)14(23)11(16(24)25)7-22(15)17-19-4-5-27-17/h4-7,15,26H,8-9H2,1-3H3,(H,24,25). The van der Waals surface area contributed by atoms with E-state index >= 15 is 0 Å². The number of carboxylic acid groups (broad SMARTS) is 1. The summed E-state index contributed by atoms with van der Waals surface area (Å²) in [5.41, 5.74) is 0.155. The lowest BCUT2D eigenvalue weighted by Crippen LogP contribution is -2.63. The van der Waals surface area contributed by atoms with Gasteiger partial charge in [0.1, 0.15) is 17.6 Å². The van der Waals surface area contributed by atoms with Crippen molar-refractivity contribution >= 4 is 28.2 Å². The molecule has 2 N–H and O–H groups in total. The Hall–Kier alpha value is -2.65. The van der Waals surface area contributed by atoms with E-state index in [1.54, 1.807) is 18.0 Å². The molecule has 1 fully saturated rings. The lowest BCUT2D eigenvalue weighted by atomic mass is 9.89. The molecule has 0 radical (unpaired) electrons. The predicted molar refractivity (Wildman–Crippen MR) is 99.8 cm³/mol. The SMILES string of the molecule is CC1=C2C(=O)C(C(=O)O)=CN(c3nccs3)C2N(C)C(N2CC(C)(O)C2)=C1. The third-order valence-corrected chi connectivity index (χ3v) is 5.82. The van der Waals surface area contributed by atoms with Gasteiger partial charge < -0.3 is 20.0 Å². The Morgan fingerprint density at radius 3 is 2.67 bits per heavy atom. The van der Waals surface area contributed by atoms with E-state index in [4.69, 9.17) is 0 Å². The first-order chi connectivity index (χ1) is 12.7. The van der Waals surface area contributed by atoms with Crippen LogP contribution in [-0.2, 0) is 9.59 Å². The first-order valence-electron chi connectivity index (χ1n) is 8.50. The van der Waals surface area contributed by atoms with Gasteiger partial charge in [0.15, 0.2) is 5.13 Å². The van der Waals surface area contributed by atoms with Gasteiger partial charge in [-0.2, -0.15) is 0 Å². The number of ketones is 1. The average Bonchev–Trinajstić information content (AvgIpc) is 3.09. The molecule has 1 aromatic rings. The van der Waals surface area contributed by atoms with Crippen molar-refractivity contribution in [1.29, 1.82) is 0 Å². The molecule has 4 rings (SSSR count). The topological polar surface area (TPSA) is 97.2 Å². The number of rotatable bonds is 3. The summed E-state index contributed by atoms with van der Waals surface area (Å²) in [5, 5.41) is 22.0. The van der Waals surface area contributed by atoms with Crippen molar-refractivity contribution in [3.8, 4) is 0 Å². The van der Waals surface area contributed by atoms with Crippen LogP contribution in [0, 0.1) is 0 Å². The maximum Gasteiger partial charge on any atom is 0.341 e. The molecular weight excluding hydrogens is 368 g/mol. The maximum atomic E-state index is 12.9. The molecule has 1 atom stereocenters. The number of aliphatic carboxylic acids is 1. The summed E-state index contributed by atoms with van der Waals surface area (Å²) >= 11 is 1.38. The van der Waals surface area contributed by atoms with Gasteiger partial charge in [-0.05, 0) is 25.5 Å². The van der Waals surface area contributed by atoms with E-state index in [1.165, 1.54) is 17.5 Å². The van der Waals surface area contributed by atoms with E-state index in [0.29, 0.717) is 23.8 Å². The van der Waals surface area contributed by atoms with Crippen LogP contribution in [0.4, 0.5) is 5.13 Å². The number of thiazole rings is 1. The number of anilines is 1. The number of Topliss-reactive ketones (excluding diaryl/α,β-unsaturated/α-hetero) is 1. The van der Waals surface area contributed by atoms with Crippen LogP contribution in [0.3, 0.4) is 0 Å². The minimum atomic E-state index is -1.25. The Bertz CT molecular complexity index is 908. The number of likely N-dealkylation sites (tertiary alicyclic amines) is 1. The van der Waals surface area contributed by atoms with Crippen molar-refractivity contribution in [3.63, 3.8) is 0 Å². The number of allylic oxidation sites excluding steroid dienone is 2. The van der Waals surface area contributed by atoms with Crippen LogP contribution >= 0.6 is 11.3 Å². The third-order valence-electron chi connectivity index (χ3n) is 5.04. The second-order valence-electron chi connectivity index (χ2n) is 7.34. The summed E-state index contributed by atoms with van der Waals surface area (Å²) in [4.78, 5) is 34.5. The van der Waals surface area contributed by atoms with Crippen molar-refractivity contribution in [2.75, 3.05) is 25.0 Å². The van der Waals surface area contributed by atoms with Gasteiger partial charge in [0.2, 0.25) is 5.78 Å². The second kappa shape index (κ2) is 5.93. The number of carbonyl (C=O) groups excluding carboxylic acids is 1. The summed E-state index contributed by atoms with van der Waals surface area (Å²) < 4.78 is 0. The van der Waals surface area contributed by atoms with Gasteiger partial charge in [0.05, 0.1) is 5.60 Å². The van der Waals surface area contributed by atoms with Gasteiger partial charge in [0.25, 0.3) is 0 Å². The quantitative estimate of drug-likeness (QED) is 0.740. The molecule has 1 saturated heterocycles. The van der Waals surface area contributed by atoms with E-state index in [-0.39, 0.29) is 5.57 Å². The summed E-state index contributed by atoms with van der Waals surface area (Å²) in [7, 11) is 1.86. The van der Waals surface area contributed by atoms with Crippen molar-refractivity contribution in [3.05, 3.63) is 46.4 Å². The molecule has 0 aromatic carbocycles. The number of nitrogens with zero attached hydrogens (tertiary/aromatic N) is 4. The van der Waals surface area contributed by atoms with E-state index in [2.05, 4.69) is 4.98 Å². The number of aliphatic hydroxyl groups is 1. The summed E-state index contributed by atoms with van der Waals surface area (Å²) in [5.74, 6) is -0.846. The molecule has 1 unspecified atom stereocenters. The van der Waals surface area contributed by atoms with Gasteiger partial charge in [-0.3, -0.25) is 9.69 Å². The smallest absolute Gasteiger partial charge is 0.341 e. The molecule has 9 heteroatoms. The van der Waals surface area contributed by atoms with Crippen molar-refractivity contribution < 1.29 is 19.8 Å². The largest absolute Gasteiger partial charge is 0.477 e. The third kappa shape index (κ3) is 2.74. The molecule has 0 bridgehead atoms. The molecule has 1 aromatic heterocycles. The Kier molecular flexibility index (Phi) is 3.90. The number of aromatic nitrogens is 1. The average molecular weight is 388 g/mol. The van der Waals surface area contributed by atoms with E-state index in [0.717, 1.165) is 11.4 Å². The Morgan fingerprint density at radius 2 is 2.11 bits per heavy atom. The normalized spacial score (nSPS) is 24.4. The first kappa shape index (κ1) is 17.7. The number of likely N-dealkylation sites (N-methyl/N-ethyl adjacent to an activating group) is 1. The van der Waals surface area contributed by atoms with Crippen LogP contribution in [0.15, 0.2) is 46.4 Å². The first-order valence-corrected chi connectivity index (χ1v) is 9.38. The van der Waals surface area contributed by atoms with Crippen molar-refractivity contribution in [1.82, 2.24) is 14.8 Å². The van der Waals surface area contributed by atoms with Crippen LogP contribution in [0.25, 0.3) is 0 Å². The molecular formula is C18H20N4O4S. The lowest BCUT2D eigenvalue weighted by Gasteiger charge is -2.53. The molecule has 27 heavy (non-hydrogen) atoms. The number of carboxylic acids is 1. The zero-order valence-electron chi connectivity index (χ0n) is 15.2. The summed E-state index contributed by atoms with van der Waals surface area (Å²) in [6, 6.07) is 0. The molecule has 3 aliphatic heterocycles. The molecule has 0 saturated carbocycles. The van der Waals surface area contributed by atoms with Gasteiger partial charge in [-0.15, -0.1) is 11.3 Å². The fraction of sp³-hybridized carbons (Fsp3) is 0.389. The van der Waals surface area contributed by atoms with Crippen LogP contribution < -0.4 is 4.90 Å². The van der Waals surface area contributed by atoms with E-state index < -0.39 is 23.5 Å². The van der Waals surface area contributed by atoms with Gasteiger partial charge in [-0.25, -0.2) is 9.78 Å².